The Morgan fingerprint density at radius 1 is 1.08 bits per heavy atom. The molecule has 0 spiro atoms. The molecule has 2 aromatic rings. The zero-order valence-corrected chi connectivity index (χ0v) is 14.7. The van der Waals surface area contributed by atoms with Crippen LogP contribution in [0.1, 0.15) is 39.8 Å². The minimum Gasteiger partial charge on any atom is -0.466 e. The number of para-hydroxylation sites is 1. The first-order valence-electron chi connectivity index (χ1n) is 7.99. The van der Waals surface area contributed by atoms with E-state index in [2.05, 4.69) is 10.6 Å². The predicted molar refractivity (Wildman–Crippen MR) is 96.9 cm³/mol. The van der Waals surface area contributed by atoms with Crippen molar-refractivity contribution in [2.45, 2.75) is 19.8 Å². The van der Waals surface area contributed by atoms with Gasteiger partial charge in [0.2, 0.25) is 0 Å². The summed E-state index contributed by atoms with van der Waals surface area (Å²) in [6.07, 6.45) is 0.749. The summed E-state index contributed by atoms with van der Waals surface area (Å²) in [5, 5.41) is 7.32. The minimum atomic E-state index is -0.300. The van der Waals surface area contributed by atoms with Gasteiger partial charge in [-0.25, -0.2) is 0 Å². The molecule has 25 heavy (non-hydrogen) atoms. The maximum Gasteiger partial charge on any atom is 0.305 e. The van der Waals surface area contributed by atoms with Crippen LogP contribution in [0.4, 0.5) is 5.69 Å². The number of esters is 1. The zero-order valence-electron chi connectivity index (χ0n) is 13.9. The van der Waals surface area contributed by atoms with Gasteiger partial charge in [-0.1, -0.05) is 18.2 Å². The van der Waals surface area contributed by atoms with Crippen molar-refractivity contribution in [1.29, 1.82) is 0 Å². The highest BCUT2D eigenvalue weighted by molar-refractivity contribution is 7.12. The Morgan fingerprint density at radius 3 is 2.60 bits per heavy atom. The third kappa shape index (κ3) is 5.72. The molecule has 0 fully saturated rings. The standard InChI is InChI=1S/C18H20N2O4S/c1-2-24-16(21)10-5-11-19-17(22)13-7-3-4-8-14(13)20-18(23)15-9-6-12-25-15/h3-4,6-9,12H,2,5,10-11H2,1H3,(H,19,22)(H,20,23). The van der Waals surface area contributed by atoms with Crippen molar-refractivity contribution in [3.05, 3.63) is 52.2 Å². The van der Waals surface area contributed by atoms with Gasteiger partial charge in [-0.05, 0) is 36.9 Å². The molecule has 7 heteroatoms. The molecular weight excluding hydrogens is 340 g/mol. The van der Waals surface area contributed by atoms with Gasteiger partial charge in [-0.15, -0.1) is 11.3 Å². The lowest BCUT2D eigenvalue weighted by Crippen LogP contribution is -2.26. The summed E-state index contributed by atoms with van der Waals surface area (Å²) < 4.78 is 4.83. The van der Waals surface area contributed by atoms with Crippen LogP contribution in [0.3, 0.4) is 0 Å². The Bertz CT molecular complexity index is 728. The van der Waals surface area contributed by atoms with E-state index in [4.69, 9.17) is 4.74 Å². The van der Waals surface area contributed by atoms with Gasteiger partial charge >= 0.3 is 5.97 Å². The number of anilines is 1. The molecule has 1 aromatic heterocycles. The van der Waals surface area contributed by atoms with Gasteiger partial charge in [0, 0.05) is 13.0 Å². The number of benzene rings is 1. The Balaban J connectivity index is 1.91. The van der Waals surface area contributed by atoms with E-state index in [0.717, 1.165) is 0 Å². The summed E-state index contributed by atoms with van der Waals surface area (Å²) in [6, 6.07) is 10.3. The van der Waals surface area contributed by atoms with Gasteiger partial charge in [0.25, 0.3) is 11.8 Å². The highest BCUT2D eigenvalue weighted by atomic mass is 32.1. The second-order valence-corrected chi connectivity index (χ2v) is 6.09. The van der Waals surface area contributed by atoms with Crippen molar-refractivity contribution in [2.75, 3.05) is 18.5 Å². The molecule has 2 N–H and O–H groups in total. The molecule has 0 aliphatic heterocycles. The molecule has 2 amide bonds. The van der Waals surface area contributed by atoms with E-state index in [9.17, 15) is 14.4 Å². The maximum atomic E-state index is 12.3. The molecule has 0 radical (unpaired) electrons. The molecule has 1 heterocycles. The van der Waals surface area contributed by atoms with E-state index in [1.54, 1.807) is 43.3 Å². The molecule has 0 saturated carbocycles. The van der Waals surface area contributed by atoms with Crippen LogP contribution in [0.2, 0.25) is 0 Å². The molecule has 0 aliphatic rings. The molecule has 6 nitrogen and oxygen atoms in total. The largest absolute Gasteiger partial charge is 0.466 e. The van der Waals surface area contributed by atoms with E-state index < -0.39 is 0 Å². The second-order valence-electron chi connectivity index (χ2n) is 5.14. The first kappa shape index (κ1) is 18.7. The summed E-state index contributed by atoms with van der Waals surface area (Å²) >= 11 is 1.33. The first-order valence-corrected chi connectivity index (χ1v) is 8.87. The normalized spacial score (nSPS) is 10.1. The fourth-order valence-electron chi connectivity index (χ4n) is 2.14. The molecule has 132 valence electrons. The zero-order chi connectivity index (χ0) is 18.1. The predicted octanol–water partition coefficient (Wildman–Crippen LogP) is 3.07. The third-order valence-corrected chi connectivity index (χ3v) is 4.18. The van der Waals surface area contributed by atoms with Crippen LogP contribution < -0.4 is 10.6 Å². The Morgan fingerprint density at radius 2 is 1.88 bits per heavy atom. The first-order chi connectivity index (χ1) is 12.1. The fourth-order valence-corrected chi connectivity index (χ4v) is 2.76. The Kier molecular flexibility index (Phi) is 7.16. The van der Waals surface area contributed by atoms with Gasteiger partial charge < -0.3 is 15.4 Å². The SMILES string of the molecule is CCOC(=O)CCCNC(=O)c1ccccc1NC(=O)c1cccs1. The summed E-state index contributed by atoms with van der Waals surface area (Å²) in [5.41, 5.74) is 0.826. The Hall–Kier alpha value is -2.67. The maximum absolute atomic E-state index is 12.3. The quantitative estimate of drug-likeness (QED) is 0.560. The average Bonchev–Trinajstić information content (AvgIpc) is 3.14. The van der Waals surface area contributed by atoms with Crippen LogP contribution in [-0.2, 0) is 9.53 Å². The monoisotopic (exact) mass is 360 g/mol. The van der Waals surface area contributed by atoms with Crippen molar-refractivity contribution in [3.63, 3.8) is 0 Å². The van der Waals surface area contributed by atoms with Crippen molar-refractivity contribution in [2.24, 2.45) is 0 Å². The van der Waals surface area contributed by atoms with Crippen LogP contribution in [0.5, 0.6) is 0 Å². The number of rotatable bonds is 8. The van der Waals surface area contributed by atoms with Gasteiger partial charge in [0.1, 0.15) is 0 Å². The summed E-state index contributed by atoms with van der Waals surface area (Å²) in [5.74, 6) is -0.830. The van der Waals surface area contributed by atoms with Crippen LogP contribution in [0, 0.1) is 0 Å². The summed E-state index contributed by atoms with van der Waals surface area (Å²) in [6.45, 7) is 2.45. The number of carbonyl (C=O) groups excluding carboxylic acids is 3. The number of thiophene rings is 1. The second kappa shape index (κ2) is 9.58. The van der Waals surface area contributed by atoms with Crippen LogP contribution in [-0.4, -0.2) is 30.9 Å². The topological polar surface area (TPSA) is 84.5 Å². The number of ether oxygens (including phenoxy) is 1. The molecule has 0 aliphatic carbocycles. The molecule has 0 saturated heterocycles. The lowest BCUT2D eigenvalue weighted by Gasteiger charge is -2.11. The number of carbonyl (C=O) groups is 3. The Labute approximate surface area is 150 Å². The fraction of sp³-hybridized carbons (Fsp3) is 0.278. The number of amides is 2. The van der Waals surface area contributed by atoms with Gasteiger partial charge in [-0.2, -0.15) is 0 Å². The summed E-state index contributed by atoms with van der Waals surface area (Å²) in [4.78, 5) is 36.3. The lowest BCUT2D eigenvalue weighted by molar-refractivity contribution is -0.143. The van der Waals surface area contributed by atoms with E-state index >= 15 is 0 Å². The van der Waals surface area contributed by atoms with Gasteiger partial charge in [-0.3, -0.25) is 14.4 Å². The smallest absolute Gasteiger partial charge is 0.305 e. The number of hydrogen-bond acceptors (Lipinski definition) is 5. The molecule has 0 unspecified atom stereocenters. The van der Waals surface area contributed by atoms with Gasteiger partial charge in [0.05, 0.1) is 22.7 Å². The minimum absolute atomic E-state index is 0.252. The molecule has 0 bridgehead atoms. The van der Waals surface area contributed by atoms with Crippen molar-refractivity contribution >= 4 is 34.8 Å². The summed E-state index contributed by atoms with van der Waals surface area (Å²) in [7, 11) is 0. The number of nitrogens with one attached hydrogen (secondary N) is 2. The number of hydrogen-bond donors (Lipinski definition) is 2. The van der Waals surface area contributed by atoms with Crippen LogP contribution in [0.25, 0.3) is 0 Å². The highest BCUT2D eigenvalue weighted by Gasteiger charge is 2.14. The van der Waals surface area contributed by atoms with Crippen molar-refractivity contribution in [3.8, 4) is 0 Å². The average molecular weight is 360 g/mol. The van der Waals surface area contributed by atoms with E-state index in [0.29, 0.717) is 35.7 Å². The van der Waals surface area contributed by atoms with Gasteiger partial charge in [0.15, 0.2) is 0 Å². The molecular formula is C18H20N2O4S. The van der Waals surface area contributed by atoms with Crippen molar-refractivity contribution < 1.29 is 19.1 Å². The van der Waals surface area contributed by atoms with Crippen LogP contribution >= 0.6 is 11.3 Å². The molecule has 2 rings (SSSR count). The lowest BCUT2D eigenvalue weighted by atomic mass is 10.1. The molecule has 1 aromatic carbocycles. The third-order valence-electron chi connectivity index (χ3n) is 3.31. The van der Waals surface area contributed by atoms with Crippen LogP contribution in [0.15, 0.2) is 41.8 Å². The van der Waals surface area contributed by atoms with E-state index in [1.807, 2.05) is 5.38 Å². The van der Waals surface area contributed by atoms with E-state index in [1.165, 1.54) is 11.3 Å². The van der Waals surface area contributed by atoms with Crippen molar-refractivity contribution in [1.82, 2.24) is 5.32 Å². The molecule has 0 atom stereocenters. The van der Waals surface area contributed by atoms with E-state index in [-0.39, 0.29) is 24.2 Å². The highest BCUT2D eigenvalue weighted by Crippen LogP contribution is 2.18.